The summed E-state index contributed by atoms with van der Waals surface area (Å²) in [7, 11) is 0. The first-order chi connectivity index (χ1) is 21.0. The minimum atomic E-state index is -0.770. The van der Waals surface area contributed by atoms with Crippen molar-refractivity contribution in [1.82, 2.24) is 0 Å². The lowest BCUT2D eigenvalue weighted by molar-refractivity contribution is -0.265. The van der Waals surface area contributed by atoms with Gasteiger partial charge in [0.2, 0.25) is 0 Å². The number of aliphatic hydroxyl groups excluding tert-OH is 1. The molecule has 6 rings (SSSR count). The number of benzene rings is 1. The van der Waals surface area contributed by atoms with Crippen LogP contribution in [0.5, 0.6) is 5.75 Å². The van der Waals surface area contributed by atoms with Gasteiger partial charge in [0.15, 0.2) is 0 Å². The Labute approximate surface area is 269 Å². The maximum Gasteiger partial charge on any atom is 0.331 e. The number of ether oxygens (including phenoxy) is 1. The molecule has 6 heteroatoms. The molecule has 0 aromatic heterocycles. The standard InChI is InChI=1S/C39H54O6/c1-23(2)26-16-19-39(34(43)44)21-20-37(6)27(32(26)39)13-14-30-36(5)22-28(41)33(35(3,4)29(36)17-18-38(30,37)7)45-31(42)15-10-24-8-11-25(40)12-9-24/h8-12,15,26-30,32-33,40-41H,1,13-14,16-22H2,2-7H3,(H,43,44)/b15-10+/t26-,27-,28+,29-,30+,32-,33-,36-,37+,38+,39-/m0/s1. The summed E-state index contributed by atoms with van der Waals surface area (Å²) in [5.74, 6) is 0.537. The number of phenolic OH excluding ortho intramolecular Hbond substituents is 1. The Balaban J connectivity index is 1.27. The molecule has 246 valence electrons. The van der Waals surface area contributed by atoms with Gasteiger partial charge in [-0.25, -0.2) is 4.79 Å². The number of carbonyl (C=O) groups excluding carboxylic acids is 1. The highest BCUT2D eigenvalue weighted by molar-refractivity contribution is 5.87. The molecule has 6 nitrogen and oxygen atoms in total. The van der Waals surface area contributed by atoms with Crippen molar-refractivity contribution in [2.24, 2.45) is 56.7 Å². The third-order valence-electron chi connectivity index (χ3n) is 14.9. The van der Waals surface area contributed by atoms with Crippen molar-refractivity contribution in [2.45, 2.75) is 112 Å². The fourth-order valence-electron chi connectivity index (χ4n) is 12.8. The van der Waals surface area contributed by atoms with Crippen LogP contribution in [0.4, 0.5) is 0 Å². The zero-order valence-corrected chi connectivity index (χ0v) is 28.1. The second kappa shape index (κ2) is 10.7. The van der Waals surface area contributed by atoms with Gasteiger partial charge in [0, 0.05) is 11.5 Å². The van der Waals surface area contributed by atoms with Crippen LogP contribution in [-0.2, 0) is 14.3 Å². The van der Waals surface area contributed by atoms with Crippen LogP contribution in [0.25, 0.3) is 6.08 Å². The molecule has 0 spiro atoms. The predicted molar refractivity (Wildman–Crippen MR) is 175 cm³/mol. The first-order valence-corrected chi connectivity index (χ1v) is 17.3. The molecule has 45 heavy (non-hydrogen) atoms. The molecule has 0 unspecified atom stereocenters. The van der Waals surface area contributed by atoms with Crippen LogP contribution >= 0.6 is 0 Å². The number of esters is 1. The van der Waals surface area contributed by atoms with Crippen LogP contribution in [0.15, 0.2) is 42.5 Å². The Morgan fingerprint density at radius 2 is 1.60 bits per heavy atom. The fraction of sp³-hybridized carbons (Fsp3) is 0.692. The Hall–Kier alpha value is -2.60. The molecule has 11 atom stereocenters. The number of fused-ring (bicyclic) bond motifs is 7. The average molecular weight is 619 g/mol. The van der Waals surface area contributed by atoms with Gasteiger partial charge < -0.3 is 20.1 Å². The molecule has 1 aromatic rings. The smallest absolute Gasteiger partial charge is 0.331 e. The van der Waals surface area contributed by atoms with Crippen LogP contribution < -0.4 is 0 Å². The largest absolute Gasteiger partial charge is 0.508 e. The van der Waals surface area contributed by atoms with Gasteiger partial charge >= 0.3 is 11.9 Å². The normalized spacial score (nSPS) is 45.1. The minimum absolute atomic E-state index is 0.0169. The number of allylic oxidation sites excluding steroid dienone is 1. The van der Waals surface area contributed by atoms with Gasteiger partial charge in [-0.05, 0) is 134 Å². The molecule has 0 saturated heterocycles. The van der Waals surface area contributed by atoms with E-state index in [0.29, 0.717) is 18.3 Å². The Kier molecular flexibility index (Phi) is 7.70. The number of hydrogen-bond acceptors (Lipinski definition) is 5. The number of aliphatic hydroxyl groups is 1. The van der Waals surface area contributed by atoms with Crippen molar-refractivity contribution in [3.8, 4) is 5.75 Å². The number of phenols is 1. The van der Waals surface area contributed by atoms with Crippen molar-refractivity contribution >= 4 is 18.0 Å². The van der Waals surface area contributed by atoms with E-state index in [4.69, 9.17) is 4.74 Å². The van der Waals surface area contributed by atoms with Gasteiger partial charge in [0.25, 0.3) is 0 Å². The molecular formula is C39H54O6. The van der Waals surface area contributed by atoms with Crippen molar-refractivity contribution in [2.75, 3.05) is 0 Å². The highest BCUT2D eigenvalue weighted by atomic mass is 16.6. The van der Waals surface area contributed by atoms with Crippen molar-refractivity contribution in [1.29, 1.82) is 0 Å². The van der Waals surface area contributed by atoms with E-state index >= 15 is 0 Å². The lowest BCUT2D eigenvalue weighted by Crippen LogP contribution is -2.69. The molecule has 5 aliphatic rings. The van der Waals surface area contributed by atoms with E-state index < -0.39 is 35.0 Å². The van der Waals surface area contributed by atoms with E-state index in [1.54, 1.807) is 30.3 Å². The lowest BCUT2D eigenvalue weighted by Gasteiger charge is -2.73. The number of aromatic hydroxyl groups is 1. The molecule has 0 aliphatic heterocycles. The average Bonchev–Trinajstić information content (AvgIpc) is 3.37. The van der Waals surface area contributed by atoms with Crippen LogP contribution in [0, 0.1) is 56.7 Å². The van der Waals surface area contributed by atoms with Gasteiger partial charge in [-0.3, -0.25) is 4.79 Å². The molecule has 3 N–H and O–H groups in total. The lowest BCUT2D eigenvalue weighted by atomic mass is 9.32. The van der Waals surface area contributed by atoms with Gasteiger partial charge in [-0.15, -0.1) is 0 Å². The SMILES string of the molecule is C=C(C)[C@@H]1CC[C@]2(C(=O)O)CC[C@]3(C)[C@@H](CC[C@@H]4[C@@]5(C)C[C@@H](O)[C@H](OC(=O)/C=C/c6ccc(O)cc6)C(C)(C)[C@@H]5CC[C@]43C)[C@H]12. The molecule has 0 amide bonds. The van der Waals surface area contributed by atoms with E-state index in [1.165, 1.54) is 6.08 Å². The number of hydrogen-bond donors (Lipinski definition) is 3. The Morgan fingerprint density at radius 1 is 0.911 bits per heavy atom. The van der Waals surface area contributed by atoms with Gasteiger partial charge in [0.05, 0.1) is 11.5 Å². The summed E-state index contributed by atoms with van der Waals surface area (Å²) in [6.07, 6.45) is 9.82. The molecule has 1 aromatic carbocycles. The maximum absolute atomic E-state index is 13.0. The van der Waals surface area contributed by atoms with E-state index in [1.807, 2.05) is 0 Å². The highest BCUT2D eigenvalue weighted by Crippen LogP contribution is 2.77. The second-order valence-corrected chi connectivity index (χ2v) is 17.0. The van der Waals surface area contributed by atoms with Crippen LogP contribution in [-0.4, -0.2) is 39.5 Å². The fourth-order valence-corrected chi connectivity index (χ4v) is 12.8. The van der Waals surface area contributed by atoms with Crippen molar-refractivity contribution < 1.29 is 29.6 Å². The zero-order chi connectivity index (χ0) is 32.7. The predicted octanol–water partition coefficient (Wildman–Crippen LogP) is 8.03. The van der Waals surface area contributed by atoms with Crippen LogP contribution in [0.1, 0.15) is 105 Å². The van der Waals surface area contributed by atoms with Crippen molar-refractivity contribution in [3.63, 3.8) is 0 Å². The number of carboxylic acid groups (broad SMARTS) is 1. The van der Waals surface area contributed by atoms with Gasteiger partial charge in [0.1, 0.15) is 11.9 Å². The van der Waals surface area contributed by atoms with E-state index in [-0.39, 0.29) is 39.7 Å². The molecule has 5 aliphatic carbocycles. The summed E-state index contributed by atoms with van der Waals surface area (Å²) in [4.78, 5) is 26.0. The third kappa shape index (κ3) is 4.58. The summed E-state index contributed by atoms with van der Waals surface area (Å²) < 4.78 is 6.05. The van der Waals surface area contributed by atoms with Gasteiger partial charge in [-0.1, -0.05) is 58.9 Å². The first-order valence-electron chi connectivity index (χ1n) is 17.3. The number of carbonyl (C=O) groups is 2. The zero-order valence-electron chi connectivity index (χ0n) is 28.1. The summed E-state index contributed by atoms with van der Waals surface area (Å²) in [6, 6.07) is 6.62. The highest BCUT2D eigenvalue weighted by Gasteiger charge is 2.72. The second-order valence-electron chi connectivity index (χ2n) is 17.0. The van der Waals surface area contributed by atoms with E-state index in [0.717, 1.165) is 62.5 Å². The molecule has 0 radical (unpaired) electrons. The topological polar surface area (TPSA) is 104 Å². The van der Waals surface area contributed by atoms with Crippen molar-refractivity contribution in [3.05, 3.63) is 48.1 Å². The molecule has 5 saturated carbocycles. The Bertz CT molecular complexity index is 1390. The Morgan fingerprint density at radius 3 is 2.24 bits per heavy atom. The molecule has 5 fully saturated rings. The maximum atomic E-state index is 13.0. The van der Waals surface area contributed by atoms with Gasteiger partial charge in [-0.2, -0.15) is 0 Å². The molecule has 0 heterocycles. The summed E-state index contributed by atoms with van der Waals surface area (Å²) in [6.45, 7) is 18.2. The quantitative estimate of drug-likeness (QED) is 0.175. The summed E-state index contributed by atoms with van der Waals surface area (Å²) in [5.41, 5.74) is 0.796. The number of aliphatic carboxylic acids is 1. The van der Waals surface area contributed by atoms with E-state index in [9.17, 15) is 24.9 Å². The molecule has 0 bridgehead atoms. The summed E-state index contributed by atoms with van der Waals surface area (Å²) >= 11 is 0. The summed E-state index contributed by atoms with van der Waals surface area (Å²) in [5, 5.41) is 31.9. The molecular weight excluding hydrogens is 564 g/mol. The number of carboxylic acids is 1. The number of rotatable bonds is 5. The monoisotopic (exact) mass is 618 g/mol. The van der Waals surface area contributed by atoms with E-state index in [2.05, 4.69) is 48.1 Å². The third-order valence-corrected chi connectivity index (χ3v) is 14.9. The van der Waals surface area contributed by atoms with Crippen LogP contribution in [0.2, 0.25) is 0 Å². The first kappa shape index (κ1) is 32.3. The minimum Gasteiger partial charge on any atom is -0.508 e. The van der Waals surface area contributed by atoms with Crippen LogP contribution in [0.3, 0.4) is 0 Å².